The molecule has 1 heterocycles. The molecule has 0 unspecified atom stereocenters. The highest BCUT2D eigenvalue weighted by molar-refractivity contribution is 7.89. The van der Waals surface area contributed by atoms with E-state index in [1.54, 1.807) is 17.6 Å². The van der Waals surface area contributed by atoms with Crippen molar-refractivity contribution in [2.45, 2.75) is 11.3 Å². The number of sulfonamides is 1. The van der Waals surface area contributed by atoms with E-state index in [0.29, 0.717) is 6.42 Å². The van der Waals surface area contributed by atoms with Gasteiger partial charge in [-0.2, -0.15) is 5.26 Å². The Morgan fingerprint density at radius 2 is 2.16 bits per heavy atom. The summed E-state index contributed by atoms with van der Waals surface area (Å²) in [5.74, 6) is 0. The monoisotopic (exact) mass is 293 g/mol. The van der Waals surface area contributed by atoms with E-state index in [1.807, 2.05) is 11.4 Å². The van der Waals surface area contributed by atoms with Gasteiger partial charge in [-0.3, -0.25) is 0 Å². The van der Waals surface area contributed by atoms with Crippen molar-refractivity contribution in [1.29, 1.82) is 5.26 Å². The molecule has 7 heteroatoms. The minimum atomic E-state index is -3.65. The number of nitrogens with zero attached hydrogens (tertiary/aromatic N) is 2. The minimum absolute atomic E-state index is 0.00998. The lowest BCUT2D eigenvalue weighted by atomic mass is 10.2. The second-order valence-electron chi connectivity index (χ2n) is 3.74. The molecule has 0 radical (unpaired) electrons. The Morgan fingerprint density at radius 3 is 2.84 bits per heavy atom. The van der Waals surface area contributed by atoms with Crippen molar-refractivity contribution in [3.05, 3.63) is 46.4 Å². The number of nitrogens with one attached hydrogen (secondary N) is 1. The molecule has 1 N–H and O–H groups in total. The van der Waals surface area contributed by atoms with Crippen LogP contribution >= 0.6 is 11.3 Å². The van der Waals surface area contributed by atoms with Gasteiger partial charge in [0, 0.05) is 18.3 Å². The predicted octanol–water partition coefficient (Wildman–Crippen LogP) is 1.54. The van der Waals surface area contributed by atoms with Gasteiger partial charge in [0.15, 0.2) is 0 Å². The van der Waals surface area contributed by atoms with Crippen LogP contribution in [0.25, 0.3) is 0 Å². The van der Waals surface area contributed by atoms with Crippen molar-refractivity contribution in [3.8, 4) is 6.07 Å². The Labute approximate surface area is 115 Å². The standard InChI is InChI=1S/C12H11N3O2S2/c13-7-10-3-1-2-4-12(10)19(16,17)15-6-5-11-8-18-9-14-11/h1-4,8-9,15H,5-6H2. The van der Waals surface area contributed by atoms with Crippen molar-refractivity contribution < 1.29 is 8.42 Å². The van der Waals surface area contributed by atoms with Gasteiger partial charge in [0.25, 0.3) is 0 Å². The molecule has 0 spiro atoms. The lowest BCUT2D eigenvalue weighted by Gasteiger charge is -2.07. The van der Waals surface area contributed by atoms with E-state index < -0.39 is 10.0 Å². The van der Waals surface area contributed by atoms with Gasteiger partial charge >= 0.3 is 0 Å². The molecule has 0 saturated heterocycles. The fourth-order valence-corrected chi connectivity index (χ4v) is 3.33. The summed E-state index contributed by atoms with van der Waals surface area (Å²) in [5.41, 5.74) is 2.69. The van der Waals surface area contributed by atoms with Crippen LogP contribution in [0.1, 0.15) is 11.3 Å². The van der Waals surface area contributed by atoms with E-state index in [2.05, 4.69) is 9.71 Å². The van der Waals surface area contributed by atoms with E-state index in [1.165, 1.54) is 23.5 Å². The normalized spacial score (nSPS) is 11.1. The number of rotatable bonds is 5. The first-order chi connectivity index (χ1) is 9.13. The average molecular weight is 293 g/mol. The van der Waals surface area contributed by atoms with Gasteiger partial charge < -0.3 is 0 Å². The maximum atomic E-state index is 12.1. The lowest BCUT2D eigenvalue weighted by molar-refractivity contribution is 0.581. The number of hydrogen-bond donors (Lipinski definition) is 1. The van der Waals surface area contributed by atoms with E-state index in [9.17, 15) is 8.42 Å². The average Bonchev–Trinajstić information content (AvgIpc) is 2.91. The van der Waals surface area contributed by atoms with E-state index in [0.717, 1.165) is 5.69 Å². The topological polar surface area (TPSA) is 82.8 Å². The summed E-state index contributed by atoms with van der Waals surface area (Å²) >= 11 is 1.47. The molecule has 0 aliphatic heterocycles. The highest BCUT2D eigenvalue weighted by Gasteiger charge is 2.17. The molecule has 5 nitrogen and oxygen atoms in total. The third-order valence-corrected chi connectivity index (χ3v) is 4.61. The zero-order chi connectivity index (χ0) is 13.7. The maximum Gasteiger partial charge on any atom is 0.241 e. The number of benzene rings is 1. The third-order valence-electron chi connectivity index (χ3n) is 2.45. The third kappa shape index (κ3) is 3.38. The molecular weight excluding hydrogens is 282 g/mol. The van der Waals surface area contributed by atoms with Crippen molar-refractivity contribution in [3.63, 3.8) is 0 Å². The van der Waals surface area contributed by atoms with Gasteiger partial charge in [-0.05, 0) is 12.1 Å². The minimum Gasteiger partial charge on any atom is -0.250 e. The van der Waals surface area contributed by atoms with Gasteiger partial charge in [-0.25, -0.2) is 18.1 Å². The lowest BCUT2D eigenvalue weighted by Crippen LogP contribution is -2.26. The smallest absolute Gasteiger partial charge is 0.241 e. The number of hydrogen-bond acceptors (Lipinski definition) is 5. The van der Waals surface area contributed by atoms with Crippen LogP contribution in [0.3, 0.4) is 0 Å². The Hall–Kier alpha value is -1.75. The van der Waals surface area contributed by atoms with Crippen LogP contribution < -0.4 is 4.72 Å². The molecule has 98 valence electrons. The molecule has 19 heavy (non-hydrogen) atoms. The molecule has 2 rings (SSSR count). The van der Waals surface area contributed by atoms with Gasteiger partial charge in [-0.1, -0.05) is 12.1 Å². The zero-order valence-electron chi connectivity index (χ0n) is 9.91. The summed E-state index contributed by atoms with van der Waals surface area (Å²) in [7, 11) is -3.65. The fraction of sp³-hybridized carbons (Fsp3) is 0.167. The van der Waals surface area contributed by atoms with Crippen molar-refractivity contribution in [2.24, 2.45) is 0 Å². The first kappa shape index (κ1) is 13.7. The van der Waals surface area contributed by atoms with Crippen LogP contribution in [0, 0.1) is 11.3 Å². The second kappa shape index (κ2) is 5.93. The summed E-state index contributed by atoms with van der Waals surface area (Å²) < 4.78 is 26.6. The van der Waals surface area contributed by atoms with Crippen LogP contribution in [0.5, 0.6) is 0 Å². The summed E-state index contributed by atoms with van der Waals surface area (Å²) in [6.45, 7) is 0.256. The number of nitriles is 1. The molecule has 0 fully saturated rings. The molecule has 1 aromatic heterocycles. The first-order valence-corrected chi connectivity index (χ1v) is 7.92. The van der Waals surface area contributed by atoms with E-state index in [4.69, 9.17) is 5.26 Å². The van der Waals surface area contributed by atoms with Crippen LogP contribution in [0.4, 0.5) is 0 Å². The van der Waals surface area contributed by atoms with Crippen molar-refractivity contribution >= 4 is 21.4 Å². The van der Waals surface area contributed by atoms with E-state index in [-0.39, 0.29) is 17.0 Å². The Kier molecular flexibility index (Phi) is 4.27. The SMILES string of the molecule is N#Cc1ccccc1S(=O)(=O)NCCc1cscn1. The largest absolute Gasteiger partial charge is 0.250 e. The van der Waals surface area contributed by atoms with Crippen LogP contribution in [0.15, 0.2) is 40.1 Å². The van der Waals surface area contributed by atoms with E-state index >= 15 is 0 Å². The summed E-state index contributed by atoms with van der Waals surface area (Å²) in [5, 5.41) is 10.8. The summed E-state index contributed by atoms with van der Waals surface area (Å²) in [6, 6.07) is 8.00. The first-order valence-electron chi connectivity index (χ1n) is 5.49. The molecule has 0 bridgehead atoms. The predicted molar refractivity (Wildman–Crippen MR) is 72.2 cm³/mol. The Bertz CT molecular complexity index is 688. The fourth-order valence-electron chi connectivity index (χ4n) is 1.55. The molecule has 0 aliphatic rings. The maximum absolute atomic E-state index is 12.1. The molecule has 0 atom stereocenters. The van der Waals surface area contributed by atoms with Gasteiger partial charge in [0.2, 0.25) is 10.0 Å². The molecule has 2 aromatic rings. The number of aromatic nitrogens is 1. The number of thiazole rings is 1. The Morgan fingerprint density at radius 1 is 1.37 bits per heavy atom. The van der Waals surface area contributed by atoms with Gasteiger partial charge in [0.1, 0.15) is 6.07 Å². The Balaban J connectivity index is 2.08. The zero-order valence-corrected chi connectivity index (χ0v) is 11.5. The van der Waals surface area contributed by atoms with Gasteiger partial charge in [-0.15, -0.1) is 11.3 Å². The van der Waals surface area contributed by atoms with Crippen molar-refractivity contribution in [2.75, 3.05) is 6.54 Å². The molecule has 0 amide bonds. The molecule has 1 aromatic carbocycles. The summed E-state index contributed by atoms with van der Waals surface area (Å²) in [4.78, 5) is 4.08. The summed E-state index contributed by atoms with van der Waals surface area (Å²) in [6.07, 6.45) is 0.525. The second-order valence-corrected chi connectivity index (χ2v) is 6.19. The molecular formula is C12H11N3O2S2. The molecule has 0 aliphatic carbocycles. The molecule has 0 saturated carbocycles. The van der Waals surface area contributed by atoms with Crippen LogP contribution in [-0.4, -0.2) is 19.9 Å². The van der Waals surface area contributed by atoms with Crippen LogP contribution in [0.2, 0.25) is 0 Å². The van der Waals surface area contributed by atoms with Crippen molar-refractivity contribution in [1.82, 2.24) is 9.71 Å². The van der Waals surface area contributed by atoms with Crippen LogP contribution in [-0.2, 0) is 16.4 Å². The highest BCUT2D eigenvalue weighted by Crippen LogP contribution is 2.14. The quantitative estimate of drug-likeness (QED) is 0.906. The highest BCUT2D eigenvalue weighted by atomic mass is 32.2. The van der Waals surface area contributed by atoms with Gasteiger partial charge in [0.05, 0.1) is 21.7 Å².